The number of Topliss-reactive ketones (excluding diaryl/α,β-unsaturated/α-hetero) is 1. The number of phenols is 1. The molecule has 23 heavy (non-hydrogen) atoms. The SMILES string of the molecule is C=C/C=C(\O[N+](=O)[O-])C(=O)c1cc(C(C)C)c(O)c(C(C)C)c1. The van der Waals surface area contributed by atoms with E-state index >= 15 is 0 Å². The second-order valence-corrected chi connectivity index (χ2v) is 5.72. The Morgan fingerprint density at radius 2 is 1.74 bits per heavy atom. The van der Waals surface area contributed by atoms with Crippen molar-refractivity contribution in [2.45, 2.75) is 39.5 Å². The first-order valence-corrected chi connectivity index (χ1v) is 7.25. The molecule has 0 unspecified atom stereocenters. The molecule has 0 heterocycles. The van der Waals surface area contributed by atoms with Crippen LogP contribution in [0.3, 0.4) is 0 Å². The van der Waals surface area contributed by atoms with Crippen molar-refractivity contribution < 1.29 is 19.8 Å². The summed E-state index contributed by atoms with van der Waals surface area (Å²) < 4.78 is 0. The van der Waals surface area contributed by atoms with Crippen LogP contribution in [0.5, 0.6) is 5.75 Å². The van der Waals surface area contributed by atoms with Crippen LogP contribution in [0.1, 0.15) is 61.0 Å². The van der Waals surface area contributed by atoms with Gasteiger partial charge in [0, 0.05) is 5.56 Å². The van der Waals surface area contributed by atoms with Crippen LogP contribution in [0, 0.1) is 10.1 Å². The molecule has 0 aromatic heterocycles. The minimum atomic E-state index is -1.04. The van der Waals surface area contributed by atoms with Gasteiger partial charge >= 0.3 is 0 Å². The summed E-state index contributed by atoms with van der Waals surface area (Å²) in [6.07, 6.45) is 2.38. The number of rotatable bonds is 7. The first kappa shape index (κ1) is 18.4. The quantitative estimate of drug-likeness (QED) is 0.204. The number of carbonyl (C=O) groups is 1. The van der Waals surface area contributed by atoms with Gasteiger partial charge in [-0.05, 0) is 41.2 Å². The summed E-state index contributed by atoms with van der Waals surface area (Å²) in [6, 6.07) is 3.07. The fraction of sp³-hybridized carbons (Fsp3) is 0.353. The average molecular weight is 319 g/mol. The third-order valence-corrected chi connectivity index (χ3v) is 3.34. The highest BCUT2D eigenvalue weighted by molar-refractivity contribution is 6.07. The molecular weight excluding hydrogens is 298 g/mol. The summed E-state index contributed by atoms with van der Waals surface area (Å²) in [5.41, 5.74) is 1.45. The highest BCUT2D eigenvalue weighted by atomic mass is 17.0. The Hall–Kier alpha value is -2.63. The number of benzene rings is 1. The molecule has 0 aliphatic carbocycles. The van der Waals surface area contributed by atoms with Gasteiger partial charge in [-0.1, -0.05) is 40.3 Å². The Bertz CT molecular complexity index is 630. The highest BCUT2D eigenvalue weighted by Gasteiger charge is 2.21. The molecule has 1 rings (SSSR count). The summed E-state index contributed by atoms with van der Waals surface area (Å²) in [4.78, 5) is 27.4. The molecule has 1 aromatic carbocycles. The van der Waals surface area contributed by atoms with Gasteiger partial charge in [0.15, 0.2) is 5.76 Å². The van der Waals surface area contributed by atoms with Crippen LogP contribution in [0.4, 0.5) is 0 Å². The molecule has 6 nitrogen and oxygen atoms in total. The van der Waals surface area contributed by atoms with Crippen molar-refractivity contribution in [3.63, 3.8) is 0 Å². The van der Waals surface area contributed by atoms with Gasteiger partial charge in [-0.25, -0.2) is 0 Å². The molecule has 6 heteroatoms. The Balaban J connectivity index is 3.46. The third kappa shape index (κ3) is 4.42. The van der Waals surface area contributed by atoms with Crippen molar-refractivity contribution in [3.8, 4) is 5.75 Å². The molecule has 0 spiro atoms. The van der Waals surface area contributed by atoms with E-state index in [0.717, 1.165) is 6.08 Å². The molecule has 1 aromatic rings. The van der Waals surface area contributed by atoms with Gasteiger partial charge in [-0.15, -0.1) is 10.1 Å². The summed E-state index contributed by atoms with van der Waals surface area (Å²) >= 11 is 0. The van der Waals surface area contributed by atoms with E-state index in [1.807, 2.05) is 27.7 Å². The zero-order chi connectivity index (χ0) is 17.7. The van der Waals surface area contributed by atoms with E-state index < -0.39 is 16.6 Å². The molecule has 0 bridgehead atoms. The number of hydrogen-bond acceptors (Lipinski definition) is 5. The first-order valence-electron chi connectivity index (χ1n) is 7.25. The van der Waals surface area contributed by atoms with Gasteiger partial charge in [-0.3, -0.25) is 9.63 Å². The number of carbonyl (C=O) groups excluding carboxylic acids is 1. The molecule has 0 aliphatic rings. The topological polar surface area (TPSA) is 89.7 Å². The third-order valence-electron chi connectivity index (χ3n) is 3.34. The molecule has 0 aliphatic heterocycles. The molecule has 0 amide bonds. The molecular formula is C17H21NO5. The molecule has 0 saturated heterocycles. The average Bonchev–Trinajstić information content (AvgIpc) is 2.45. The van der Waals surface area contributed by atoms with E-state index in [4.69, 9.17) is 0 Å². The van der Waals surface area contributed by atoms with Crippen LogP contribution in [-0.4, -0.2) is 16.0 Å². The maximum Gasteiger partial charge on any atom is 0.299 e. The van der Waals surface area contributed by atoms with Gasteiger partial charge in [0.05, 0.1) is 0 Å². The standard InChI is InChI=1S/C17H21NO5/c1-6-7-15(23-18(21)22)16(19)12-8-13(10(2)3)17(20)14(9-12)11(4)5/h6-11,20H,1H2,2-5H3/b15-7-. The zero-order valence-corrected chi connectivity index (χ0v) is 13.7. The van der Waals surface area contributed by atoms with Gasteiger partial charge in [0.1, 0.15) is 5.75 Å². The van der Waals surface area contributed by atoms with Crippen molar-refractivity contribution in [3.05, 3.63) is 63.4 Å². The lowest BCUT2D eigenvalue weighted by Crippen LogP contribution is -2.12. The molecule has 0 fully saturated rings. The number of allylic oxidation sites excluding steroid dienone is 3. The normalized spacial score (nSPS) is 11.7. The van der Waals surface area contributed by atoms with Crippen LogP contribution in [0.25, 0.3) is 0 Å². The van der Waals surface area contributed by atoms with Gasteiger partial charge in [-0.2, -0.15) is 0 Å². The summed E-state index contributed by atoms with van der Waals surface area (Å²) in [5, 5.41) is 19.8. The van der Waals surface area contributed by atoms with E-state index in [0.29, 0.717) is 11.1 Å². The van der Waals surface area contributed by atoms with Crippen LogP contribution < -0.4 is 0 Å². The Morgan fingerprint density at radius 1 is 1.26 bits per heavy atom. The molecule has 1 N–H and O–H groups in total. The van der Waals surface area contributed by atoms with Crippen LogP contribution in [0.2, 0.25) is 0 Å². The maximum atomic E-state index is 12.5. The smallest absolute Gasteiger partial charge is 0.299 e. The minimum Gasteiger partial charge on any atom is -0.507 e. The molecule has 0 saturated carbocycles. The number of nitrogens with zero attached hydrogens (tertiary/aromatic N) is 1. The summed E-state index contributed by atoms with van der Waals surface area (Å²) in [6.45, 7) is 11.0. The number of hydrogen-bond donors (Lipinski definition) is 1. The van der Waals surface area contributed by atoms with Crippen LogP contribution in [0.15, 0.2) is 36.6 Å². The molecule has 0 radical (unpaired) electrons. The predicted molar refractivity (Wildman–Crippen MR) is 87.0 cm³/mol. The van der Waals surface area contributed by atoms with Crippen molar-refractivity contribution >= 4 is 5.78 Å². The monoisotopic (exact) mass is 319 g/mol. The second kappa shape index (κ2) is 7.58. The maximum absolute atomic E-state index is 12.5. The van der Waals surface area contributed by atoms with Crippen molar-refractivity contribution in [1.82, 2.24) is 0 Å². The summed E-state index contributed by atoms with van der Waals surface area (Å²) in [5.74, 6) is -0.937. The predicted octanol–water partition coefficient (Wildman–Crippen LogP) is 4.10. The van der Waals surface area contributed by atoms with Crippen LogP contribution >= 0.6 is 0 Å². The van der Waals surface area contributed by atoms with Crippen molar-refractivity contribution in [1.29, 1.82) is 0 Å². The Kier molecular flexibility index (Phi) is 6.07. The second-order valence-electron chi connectivity index (χ2n) is 5.72. The number of phenolic OH excluding ortho intramolecular Hbond substituents is 1. The van der Waals surface area contributed by atoms with Crippen molar-refractivity contribution in [2.24, 2.45) is 0 Å². The lowest BCUT2D eigenvalue weighted by Gasteiger charge is -2.17. The van der Waals surface area contributed by atoms with E-state index in [-0.39, 0.29) is 23.1 Å². The Morgan fingerprint density at radius 3 is 2.09 bits per heavy atom. The van der Waals surface area contributed by atoms with E-state index in [2.05, 4.69) is 11.4 Å². The van der Waals surface area contributed by atoms with Gasteiger partial charge in [0.2, 0.25) is 5.78 Å². The van der Waals surface area contributed by atoms with E-state index in [1.54, 1.807) is 0 Å². The zero-order valence-electron chi connectivity index (χ0n) is 13.7. The Labute approximate surface area is 135 Å². The van der Waals surface area contributed by atoms with E-state index in [9.17, 15) is 20.0 Å². The lowest BCUT2D eigenvalue weighted by atomic mass is 9.90. The number of ketones is 1. The van der Waals surface area contributed by atoms with E-state index in [1.165, 1.54) is 18.2 Å². The fourth-order valence-electron chi connectivity index (χ4n) is 2.17. The lowest BCUT2D eigenvalue weighted by molar-refractivity contribution is -0.741. The van der Waals surface area contributed by atoms with Gasteiger partial charge in [0.25, 0.3) is 5.09 Å². The number of aromatic hydroxyl groups is 1. The first-order chi connectivity index (χ1) is 10.7. The minimum absolute atomic E-state index is 0.0106. The molecule has 124 valence electrons. The highest BCUT2D eigenvalue weighted by Crippen LogP contribution is 2.35. The fourth-order valence-corrected chi connectivity index (χ4v) is 2.17. The largest absolute Gasteiger partial charge is 0.507 e. The van der Waals surface area contributed by atoms with Gasteiger partial charge < -0.3 is 5.11 Å². The van der Waals surface area contributed by atoms with Crippen molar-refractivity contribution in [2.75, 3.05) is 0 Å². The van der Waals surface area contributed by atoms with Crippen LogP contribution in [-0.2, 0) is 4.84 Å². The summed E-state index contributed by atoms with van der Waals surface area (Å²) in [7, 11) is 0. The molecule has 0 atom stereocenters.